The smallest absolute Gasteiger partial charge is 0.376 e. The van der Waals surface area contributed by atoms with E-state index in [-0.39, 0.29) is 41.5 Å². The summed E-state index contributed by atoms with van der Waals surface area (Å²) < 4.78 is 4.55. The number of aromatic carboxylic acids is 1. The lowest BCUT2D eigenvalue weighted by Gasteiger charge is -2.06. The Morgan fingerprint density at radius 1 is 0.347 bits per heavy atom. The molecule has 11 aromatic heterocycles. The average Bonchev–Trinajstić information content (AvgIpc) is 1.72. The minimum atomic E-state index is -1.16. The van der Waals surface area contributed by atoms with Crippen LogP contribution < -0.4 is 43.3 Å². The Morgan fingerprint density at radius 2 is 0.611 bits per heavy atom. The zero-order valence-electron chi connectivity index (χ0n) is 73.4. The number of Topliss-reactive ketones (excluding diaryl/α,β-unsaturated/α-hetero) is 1. The number of nitrogens with one attached hydrogen (secondary N) is 7. The zero-order valence-corrected chi connectivity index (χ0v) is 86.0. The lowest BCUT2D eigenvalue weighted by Crippen LogP contribution is -2.25. The van der Waals surface area contributed by atoms with E-state index >= 15 is 0 Å². The van der Waals surface area contributed by atoms with Crippen LogP contribution in [0.4, 0.5) is 59.2 Å². The van der Waals surface area contributed by atoms with Gasteiger partial charge in [0.1, 0.15) is 0 Å². The highest BCUT2D eigenvalue weighted by atomic mass is 79.9. The van der Waals surface area contributed by atoms with Crippen LogP contribution in [-0.4, -0.2) is 137 Å². The standard InChI is InChI=1S/C21H16ClN5O2S.C15H11ClN4O2S.C14H8Cl2N4OS.C14H10ClN5O2S.C14H9ClN4O2S.C9H7ClN2S.C8H6BrClO/c22-16-8-6-15(7-9-16)18-13-30-21(26-18)25-17-10-23-19(24-11-17)20(28)27-29-12-14-4-2-1-3-5-14;1-22-14(21)13-17-6-11(7-18-13)19-15-20-12(8-23-15)9-2-4-10(16)5-3-9;15-9-3-1-8(2-4-9)11-7-22-14(20-11)19-10-5-17-13(12(16)21)18-6-10;15-9-3-1-8(2-4-9)11-7-23-14(19-11)18-10-5-16-12(17-6-10)13(21)20-22;15-9-3-1-8(2-4-9)11-7-22-14(19-11)18-10-5-16-12(13(20)21)17-6-10;10-7-3-1-6(2-4-7)8-5-13-9(11)12-8;9-5-8(11)6-1-3-7(10)4-2-6/h1-11,13H,12H2,(H,25,26)(H,27,28);2-8H,1H3,(H,19,20);1-7H,(H,19,20);1-7,22H,(H,18,19)(H,20,21);1-7H,(H,18,19)(H,20,21);1-5H,(H2,11,12);1-4H,5H2. The highest BCUT2D eigenvalue weighted by Gasteiger charge is 2.18. The summed E-state index contributed by atoms with van der Waals surface area (Å²) in [7, 11) is 1.28. The van der Waals surface area contributed by atoms with Crippen LogP contribution in [0.25, 0.3) is 67.5 Å². The lowest BCUT2D eigenvalue weighted by atomic mass is 10.2. The van der Waals surface area contributed by atoms with Gasteiger partial charge in [0.15, 0.2) is 36.6 Å². The number of anilines is 11. The van der Waals surface area contributed by atoms with Crippen LogP contribution in [0.2, 0.25) is 35.2 Å². The molecule has 0 saturated carbocycles. The van der Waals surface area contributed by atoms with Crippen LogP contribution in [0.15, 0.2) is 294 Å². The molecule has 0 spiro atoms. The molecular formula is C95H67BrCl8N24O10S6. The number of halogens is 9. The van der Waals surface area contributed by atoms with Crippen molar-refractivity contribution >= 4 is 271 Å². The monoisotopic (exact) mass is 2250 g/mol. The molecule has 19 aromatic rings. The van der Waals surface area contributed by atoms with Crippen molar-refractivity contribution in [2.75, 3.05) is 44.8 Å². The maximum absolute atomic E-state index is 12.1. The molecule has 11 N–H and O–H groups in total. The third-order valence-electron chi connectivity index (χ3n) is 18.2. The number of ether oxygens (including phenoxy) is 1. The summed E-state index contributed by atoms with van der Waals surface area (Å²) in [5.41, 5.74) is 25.0. The number of hydrogen-bond donors (Lipinski definition) is 10. The molecule has 0 unspecified atom stereocenters. The fourth-order valence-corrected chi connectivity index (χ4v) is 16.8. The summed E-state index contributed by atoms with van der Waals surface area (Å²) in [4.78, 5) is 138. The van der Waals surface area contributed by atoms with E-state index in [1.165, 1.54) is 143 Å². The van der Waals surface area contributed by atoms with Crippen molar-refractivity contribution in [1.29, 1.82) is 0 Å². The number of esters is 1. The van der Waals surface area contributed by atoms with Gasteiger partial charge in [-0.1, -0.05) is 200 Å². The molecule has 2 amide bonds. The number of hydrogen-bond acceptors (Lipinski definition) is 37. The second-order valence-electron chi connectivity index (χ2n) is 28.2. The molecule has 0 atom stereocenters. The number of nitrogen functional groups attached to an aromatic ring is 1. The van der Waals surface area contributed by atoms with Gasteiger partial charge in [0.2, 0.25) is 29.1 Å². The Kier molecular flexibility index (Phi) is 40.3. The first kappa shape index (κ1) is 107. The number of benzene rings is 8. The number of carboxylic acids is 1. The van der Waals surface area contributed by atoms with E-state index in [0.29, 0.717) is 100 Å². The van der Waals surface area contributed by atoms with Gasteiger partial charge >= 0.3 is 23.8 Å². The van der Waals surface area contributed by atoms with Crippen LogP contribution in [0.1, 0.15) is 69.0 Å². The predicted octanol–water partition coefficient (Wildman–Crippen LogP) is 25.8. The second kappa shape index (κ2) is 54.2. The number of ketones is 1. The van der Waals surface area contributed by atoms with E-state index in [0.717, 1.165) is 78.1 Å². The maximum Gasteiger partial charge on any atom is 0.376 e. The molecule has 0 bridgehead atoms. The van der Waals surface area contributed by atoms with Crippen LogP contribution in [0.5, 0.6) is 0 Å². The van der Waals surface area contributed by atoms with E-state index in [1.54, 1.807) is 24.3 Å². The van der Waals surface area contributed by atoms with Gasteiger partial charge in [0.05, 0.1) is 144 Å². The van der Waals surface area contributed by atoms with Gasteiger partial charge in [-0.15, -0.1) is 68.0 Å². The third kappa shape index (κ3) is 33.4. The summed E-state index contributed by atoms with van der Waals surface area (Å²) in [6, 6.07) is 61.1. The van der Waals surface area contributed by atoms with Crippen LogP contribution in [0, 0.1) is 0 Å². The fraction of sp³-hybridized carbons (Fsp3) is 0.0316. The molecule has 49 heteroatoms. The molecule has 19 rings (SSSR count). The average molecular weight is 2260 g/mol. The fourth-order valence-electron chi connectivity index (χ4n) is 11.3. The molecule has 0 aliphatic heterocycles. The molecule has 0 saturated heterocycles. The number of hydroxylamine groups is 2. The minimum absolute atomic E-state index is 0.00889. The summed E-state index contributed by atoms with van der Waals surface area (Å²) >= 11 is 57.8. The minimum Gasteiger partial charge on any atom is -0.475 e. The van der Waals surface area contributed by atoms with Crippen molar-refractivity contribution in [3.63, 3.8) is 0 Å². The maximum atomic E-state index is 12.1. The summed E-state index contributed by atoms with van der Waals surface area (Å²) in [6.45, 7) is 0.256. The van der Waals surface area contributed by atoms with Crippen molar-refractivity contribution in [3.05, 3.63) is 370 Å². The molecule has 0 fully saturated rings. The number of thiazole rings is 6. The summed E-state index contributed by atoms with van der Waals surface area (Å²) in [5, 5.41) is 52.7. The normalized spacial score (nSPS) is 10.4. The molecule has 8 aromatic carbocycles. The Morgan fingerprint density at radius 3 is 0.875 bits per heavy atom. The predicted molar refractivity (Wildman–Crippen MR) is 572 cm³/mol. The number of nitrogens with two attached hydrogens (primary N) is 1. The van der Waals surface area contributed by atoms with Gasteiger partial charge in [-0.05, 0) is 114 Å². The van der Waals surface area contributed by atoms with E-state index in [9.17, 15) is 28.8 Å². The molecule has 144 heavy (non-hydrogen) atoms. The number of amides is 2. The quantitative estimate of drug-likeness (QED) is 0.00601. The molecule has 726 valence electrons. The van der Waals surface area contributed by atoms with Crippen molar-refractivity contribution < 1.29 is 48.7 Å². The second-order valence-corrected chi connectivity index (χ2v) is 37.3. The van der Waals surface area contributed by atoms with Gasteiger partial charge in [0.25, 0.3) is 5.24 Å². The number of carboxylic acid groups (broad SMARTS) is 1. The van der Waals surface area contributed by atoms with Crippen molar-refractivity contribution in [3.8, 4) is 67.5 Å². The lowest BCUT2D eigenvalue weighted by molar-refractivity contribution is 0.0224. The van der Waals surface area contributed by atoms with Crippen LogP contribution in [-0.2, 0) is 16.2 Å². The van der Waals surface area contributed by atoms with Gasteiger partial charge in [-0.2, -0.15) is 0 Å². The highest BCUT2D eigenvalue weighted by Crippen LogP contribution is 2.35. The van der Waals surface area contributed by atoms with Crippen LogP contribution in [0.3, 0.4) is 0 Å². The number of alkyl halides is 1. The summed E-state index contributed by atoms with van der Waals surface area (Å²) in [5.74, 6) is -3.33. The van der Waals surface area contributed by atoms with E-state index in [1.807, 2.05) is 208 Å². The van der Waals surface area contributed by atoms with Gasteiger partial charge in [-0.25, -0.2) is 100 Å². The third-order valence-corrected chi connectivity index (χ3v) is 25.1. The summed E-state index contributed by atoms with van der Waals surface area (Å²) in [6.07, 6.45) is 14.7. The van der Waals surface area contributed by atoms with Crippen molar-refractivity contribution in [2.45, 2.75) is 6.61 Å². The molecule has 0 aliphatic rings. The van der Waals surface area contributed by atoms with E-state index in [4.69, 9.17) is 114 Å². The number of nitrogens with zero attached hydrogens (tertiary/aromatic N) is 16. The number of carbonyl (C=O) groups is 6. The number of carbonyl (C=O) groups excluding carboxylic acids is 5. The molecule has 34 nitrogen and oxygen atoms in total. The molecular weight excluding hydrogens is 2190 g/mol. The molecule has 0 radical (unpaired) electrons. The topological polar surface area (TPSA) is 478 Å². The van der Waals surface area contributed by atoms with E-state index in [2.05, 4.69) is 132 Å². The molecule has 11 heterocycles. The van der Waals surface area contributed by atoms with Gasteiger partial charge < -0.3 is 42.2 Å². The zero-order chi connectivity index (χ0) is 102. The van der Waals surface area contributed by atoms with E-state index < -0.39 is 29.0 Å². The van der Waals surface area contributed by atoms with Crippen LogP contribution >= 0.6 is 177 Å². The Bertz CT molecular complexity index is 7170. The first-order chi connectivity index (χ1) is 69.7. The Labute approximate surface area is 890 Å². The van der Waals surface area contributed by atoms with Crippen molar-refractivity contribution in [2.24, 2.45) is 0 Å². The first-order valence-electron chi connectivity index (χ1n) is 41.0. The highest BCUT2D eigenvalue weighted by molar-refractivity contribution is 9.09. The number of aromatic nitrogens is 16. The largest absolute Gasteiger partial charge is 0.475 e. The van der Waals surface area contributed by atoms with Crippen molar-refractivity contribution in [1.82, 2.24) is 90.7 Å². The number of rotatable bonds is 26. The SMILES string of the molecule is COC(=O)c1ncc(Nc2nc(-c3ccc(Cl)cc3)cs2)cn1.Nc1nc(-c2ccc(Cl)cc2)cs1.O=C(CBr)c1ccc(Cl)cc1.O=C(Cl)c1ncc(Nc2nc(-c3ccc(Cl)cc3)cs2)cn1.O=C(NO)c1ncc(Nc2nc(-c3ccc(Cl)cc3)cs2)cn1.O=C(NOCc1ccccc1)c1ncc(Nc2nc(-c3ccc(Cl)cc3)cs2)cn1.O=C(O)c1ncc(Nc2nc(-c3ccc(Cl)cc3)cs2)cn1. The van der Waals surface area contributed by atoms with Gasteiger partial charge in [0, 0.05) is 106 Å². The Balaban J connectivity index is 0.000000143. The van der Waals surface area contributed by atoms with Gasteiger partial charge in [-0.3, -0.25) is 29.2 Å². The number of methoxy groups -OCH3 is 1. The first-order valence-corrected chi connectivity index (χ1v) is 50.4. The Hall–Kier alpha value is -14.3. The molecule has 0 aliphatic carbocycles.